The van der Waals surface area contributed by atoms with E-state index in [2.05, 4.69) is 10.3 Å². The normalized spacial score (nSPS) is 16.9. The summed E-state index contributed by atoms with van der Waals surface area (Å²) < 4.78 is 5.21. The smallest absolute Gasteiger partial charge is 0.270 e. The van der Waals surface area contributed by atoms with E-state index >= 15 is 0 Å². The third-order valence-electron chi connectivity index (χ3n) is 3.35. The highest BCUT2D eigenvalue weighted by Gasteiger charge is 2.24. The third kappa shape index (κ3) is 3.86. The first-order valence-electron chi connectivity index (χ1n) is 7.24. The number of nitrogens with zero attached hydrogens (tertiary/aromatic N) is 2. The number of ether oxygens (including phenoxy) is 1. The quantitative estimate of drug-likeness (QED) is 0.515. The summed E-state index contributed by atoms with van der Waals surface area (Å²) in [4.78, 5) is 27.3. The summed E-state index contributed by atoms with van der Waals surface area (Å²) in [5, 5.41) is 14.1. The maximum Gasteiger partial charge on any atom is 0.270 e. The number of rotatable bonds is 4. The number of nitro benzene ring substituents is 1. The lowest BCUT2D eigenvalue weighted by molar-refractivity contribution is -0.384. The zero-order chi connectivity index (χ0) is 17.8. The summed E-state index contributed by atoms with van der Waals surface area (Å²) in [5.74, 6) is 0.133. The molecule has 1 aliphatic rings. The van der Waals surface area contributed by atoms with Gasteiger partial charge in [0.1, 0.15) is 5.75 Å². The van der Waals surface area contributed by atoms with Crippen molar-refractivity contribution in [2.75, 3.05) is 7.11 Å². The molecule has 25 heavy (non-hydrogen) atoms. The molecule has 3 rings (SSSR count). The summed E-state index contributed by atoms with van der Waals surface area (Å²) in [5.41, 5.74) is 1.10. The van der Waals surface area contributed by atoms with Gasteiger partial charge in [0.25, 0.3) is 11.6 Å². The average Bonchev–Trinajstić information content (AvgIpc) is 2.94. The van der Waals surface area contributed by atoms with Gasteiger partial charge in [-0.05, 0) is 36.0 Å². The van der Waals surface area contributed by atoms with Gasteiger partial charge in [0, 0.05) is 17.7 Å². The topological polar surface area (TPSA) is 93.8 Å². The second-order valence-corrected chi connectivity index (χ2v) is 6.03. The van der Waals surface area contributed by atoms with Crippen LogP contribution in [0.4, 0.5) is 11.4 Å². The van der Waals surface area contributed by atoms with Gasteiger partial charge in [-0.2, -0.15) is 0 Å². The van der Waals surface area contributed by atoms with Gasteiger partial charge in [-0.15, -0.1) is 0 Å². The van der Waals surface area contributed by atoms with E-state index in [0.717, 1.165) is 5.69 Å². The Kier molecular flexibility index (Phi) is 4.80. The zero-order valence-corrected chi connectivity index (χ0v) is 13.9. The van der Waals surface area contributed by atoms with Crippen LogP contribution in [0.25, 0.3) is 6.08 Å². The molecule has 0 bridgehead atoms. The minimum Gasteiger partial charge on any atom is -0.496 e. The average molecular weight is 355 g/mol. The van der Waals surface area contributed by atoms with Gasteiger partial charge in [0.2, 0.25) is 0 Å². The maximum atomic E-state index is 12.1. The molecule has 1 amide bonds. The van der Waals surface area contributed by atoms with Crippen LogP contribution in [0.2, 0.25) is 0 Å². The number of nitrogens with one attached hydrogen (secondary N) is 1. The Morgan fingerprint density at radius 1 is 1.24 bits per heavy atom. The number of methoxy groups -OCH3 is 1. The molecule has 1 fully saturated rings. The summed E-state index contributed by atoms with van der Waals surface area (Å²) >= 11 is 1.17. The molecule has 0 radical (unpaired) electrons. The molecular formula is C17H13N3O4S. The van der Waals surface area contributed by atoms with E-state index < -0.39 is 4.92 Å². The van der Waals surface area contributed by atoms with Crippen LogP contribution in [-0.4, -0.2) is 23.1 Å². The lowest BCUT2D eigenvalue weighted by Crippen LogP contribution is -2.19. The highest BCUT2D eigenvalue weighted by atomic mass is 32.2. The number of para-hydroxylation sites is 1. The SMILES string of the molecule is COc1ccc([N+](=O)[O-])cc1C=C1SC(=Nc2ccccc2)NC1=O. The van der Waals surface area contributed by atoms with Gasteiger partial charge in [-0.3, -0.25) is 14.9 Å². The van der Waals surface area contributed by atoms with E-state index in [-0.39, 0.29) is 11.6 Å². The fourth-order valence-corrected chi connectivity index (χ4v) is 3.02. The Hall–Kier alpha value is -3.13. The molecule has 2 aromatic carbocycles. The molecule has 0 aromatic heterocycles. The lowest BCUT2D eigenvalue weighted by atomic mass is 10.1. The number of hydrogen-bond acceptors (Lipinski definition) is 6. The van der Waals surface area contributed by atoms with E-state index in [0.29, 0.717) is 21.4 Å². The predicted octanol–water partition coefficient (Wildman–Crippen LogP) is 3.50. The van der Waals surface area contributed by atoms with Crippen molar-refractivity contribution in [2.24, 2.45) is 4.99 Å². The van der Waals surface area contributed by atoms with Crippen LogP contribution in [-0.2, 0) is 4.79 Å². The van der Waals surface area contributed by atoms with E-state index in [9.17, 15) is 14.9 Å². The number of carbonyl (C=O) groups excluding carboxylic acids is 1. The van der Waals surface area contributed by atoms with Crippen LogP contribution < -0.4 is 10.1 Å². The molecular weight excluding hydrogens is 342 g/mol. The first-order valence-corrected chi connectivity index (χ1v) is 8.05. The van der Waals surface area contributed by atoms with Crippen LogP contribution in [0, 0.1) is 10.1 Å². The van der Waals surface area contributed by atoms with Crippen LogP contribution >= 0.6 is 11.8 Å². The second-order valence-electron chi connectivity index (χ2n) is 5.00. The van der Waals surface area contributed by atoms with Crippen molar-refractivity contribution < 1.29 is 14.5 Å². The van der Waals surface area contributed by atoms with Crippen molar-refractivity contribution in [2.45, 2.75) is 0 Å². The van der Waals surface area contributed by atoms with Gasteiger partial charge >= 0.3 is 0 Å². The molecule has 1 aliphatic heterocycles. The van der Waals surface area contributed by atoms with E-state index in [4.69, 9.17) is 4.74 Å². The third-order valence-corrected chi connectivity index (χ3v) is 4.26. The Bertz CT molecular complexity index is 894. The van der Waals surface area contributed by atoms with Gasteiger partial charge in [0.15, 0.2) is 5.17 Å². The number of hydrogen-bond donors (Lipinski definition) is 1. The highest BCUT2D eigenvalue weighted by Crippen LogP contribution is 2.32. The van der Waals surface area contributed by atoms with Crippen molar-refractivity contribution in [3.63, 3.8) is 0 Å². The Labute approximate surface area is 147 Å². The standard InChI is InChI=1S/C17H13N3O4S/c1-24-14-8-7-13(20(22)23)9-11(14)10-15-16(21)19-17(25-15)18-12-5-3-2-4-6-12/h2-10H,1H3,(H,18,19,21). The minimum atomic E-state index is -0.494. The molecule has 0 aliphatic carbocycles. The molecule has 1 N–H and O–H groups in total. The van der Waals surface area contributed by atoms with Gasteiger partial charge in [0.05, 0.1) is 22.6 Å². The number of amidine groups is 1. The molecule has 2 aromatic rings. The zero-order valence-electron chi connectivity index (χ0n) is 13.1. The van der Waals surface area contributed by atoms with Crippen LogP contribution in [0.1, 0.15) is 5.56 Å². The highest BCUT2D eigenvalue weighted by molar-refractivity contribution is 8.18. The van der Waals surface area contributed by atoms with E-state index in [1.807, 2.05) is 30.3 Å². The summed E-state index contributed by atoms with van der Waals surface area (Å²) in [6.45, 7) is 0. The monoisotopic (exact) mass is 355 g/mol. The number of aliphatic imine (C=N–C) groups is 1. The number of benzene rings is 2. The molecule has 1 heterocycles. The van der Waals surface area contributed by atoms with Crippen LogP contribution in [0.3, 0.4) is 0 Å². The fraction of sp³-hybridized carbons (Fsp3) is 0.0588. The molecule has 126 valence electrons. The Morgan fingerprint density at radius 3 is 2.68 bits per heavy atom. The largest absolute Gasteiger partial charge is 0.496 e. The lowest BCUT2D eigenvalue weighted by Gasteiger charge is -2.04. The fourth-order valence-electron chi connectivity index (χ4n) is 2.19. The summed E-state index contributed by atoms with van der Waals surface area (Å²) in [7, 11) is 1.47. The molecule has 0 unspecified atom stereocenters. The summed E-state index contributed by atoms with van der Waals surface area (Å²) in [6, 6.07) is 13.5. The van der Waals surface area contributed by atoms with Gasteiger partial charge in [-0.1, -0.05) is 18.2 Å². The van der Waals surface area contributed by atoms with Crippen LogP contribution in [0.15, 0.2) is 58.4 Å². The van der Waals surface area contributed by atoms with E-state index in [1.54, 1.807) is 6.08 Å². The Balaban J connectivity index is 1.92. The first-order chi connectivity index (χ1) is 12.1. The van der Waals surface area contributed by atoms with Crippen molar-refractivity contribution >= 4 is 40.3 Å². The van der Waals surface area contributed by atoms with E-state index in [1.165, 1.54) is 37.1 Å². The first kappa shape index (κ1) is 16.7. The molecule has 1 saturated heterocycles. The number of amides is 1. The number of thioether (sulfide) groups is 1. The van der Waals surface area contributed by atoms with Gasteiger partial charge < -0.3 is 10.1 Å². The predicted molar refractivity (Wildman–Crippen MR) is 96.9 cm³/mol. The molecule has 8 heteroatoms. The Morgan fingerprint density at radius 2 is 2.00 bits per heavy atom. The molecule has 0 atom stereocenters. The second kappa shape index (κ2) is 7.18. The van der Waals surface area contributed by atoms with Crippen molar-refractivity contribution in [3.8, 4) is 5.75 Å². The van der Waals surface area contributed by atoms with Crippen molar-refractivity contribution in [1.29, 1.82) is 0 Å². The number of non-ortho nitro benzene ring substituents is 1. The summed E-state index contributed by atoms with van der Waals surface area (Å²) in [6.07, 6.45) is 1.55. The molecule has 7 nitrogen and oxygen atoms in total. The molecule has 0 spiro atoms. The van der Waals surface area contributed by atoms with Crippen molar-refractivity contribution in [3.05, 3.63) is 69.1 Å². The van der Waals surface area contributed by atoms with Crippen molar-refractivity contribution in [1.82, 2.24) is 5.32 Å². The number of nitro groups is 1. The minimum absolute atomic E-state index is 0.0748. The molecule has 0 saturated carbocycles. The van der Waals surface area contributed by atoms with Crippen LogP contribution in [0.5, 0.6) is 5.75 Å². The number of carbonyl (C=O) groups is 1. The maximum absolute atomic E-state index is 12.1. The van der Waals surface area contributed by atoms with Gasteiger partial charge in [-0.25, -0.2) is 4.99 Å².